The molecule has 0 aliphatic carbocycles. The summed E-state index contributed by atoms with van der Waals surface area (Å²) in [4.78, 5) is 2.56. The minimum atomic E-state index is 0.607. The van der Waals surface area contributed by atoms with Crippen LogP contribution in [0.25, 0.3) is 0 Å². The zero-order valence-corrected chi connectivity index (χ0v) is 12.2. The summed E-state index contributed by atoms with van der Waals surface area (Å²) in [5.74, 6) is 0.683. The Morgan fingerprint density at radius 1 is 1.39 bits per heavy atom. The Morgan fingerprint density at radius 3 is 2.83 bits per heavy atom. The first-order valence-corrected chi connectivity index (χ1v) is 7.15. The third kappa shape index (κ3) is 3.05. The summed E-state index contributed by atoms with van der Waals surface area (Å²) in [6, 6.07) is 9.46. The average molecular weight is 267 g/mol. The van der Waals surface area contributed by atoms with Crippen molar-refractivity contribution in [2.45, 2.75) is 38.9 Å². The largest absolute Gasteiger partial charge is 0.317 e. The van der Waals surface area contributed by atoms with Crippen molar-refractivity contribution in [1.82, 2.24) is 10.2 Å². The van der Waals surface area contributed by atoms with E-state index in [2.05, 4.69) is 43.2 Å². The van der Waals surface area contributed by atoms with Crippen LogP contribution in [0.5, 0.6) is 0 Å². The Labute approximate surface area is 115 Å². The van der Waals surface area contributed by atoms with Gasteiger partial charge in [0.15, 0.2) is 0 Å². The maximum Gasteiger partial charge on any atom is 0.0409 e. The number of piperidine rings is 1. The molecule has 1 fully saturated rings. The Morgan fingerprint density at radius 2 is 2.17 bits per heavy atom. The molecule has 3 heteroatoms. The predicted molar refractivity (Wildman–Crippen MR) is 78.0 cm³/mol. The molecule has 1 heterocycles. The van der Waals surface area contributed by atoms with Crippen molar-refractivity contribution in [3.8, 4) is 0 Å². The van der Waals surface area contributed by atoms with Gasteiger partial charge in [0.1, 0.15) is 0 Å². The van der Waals surface area contributed by atoms with Gasteiger partial charge in [-0.2, -0.15) is 0 Å². The van der Waals surface area contributed by atoms with Crippen molar-refractivity contribution >= 4 is 11.6 Å². The van der Waals surface area contributed by atoms with E-state index < -0.39 is 0 Å². The summed E-state index contributed by atoms with van der Waals surface area (Å²) in [6.07, 6.45) is 1.22. The molecule has 0 bridgehead atoms. The van der Waals surface area contributed by atoms with Crippen LogP contribution in [0, 0.1) is 5.92 Å². The number of nitrogens with zero attached hydrogens (tertiary/aromatic N) is 1. The lowest BCUT2D eigenvalue weighted by molar-refractivity contribution is 0.0811. The van der Waals surface area contributed by atoms with Gasteiger partial charge in [0, 0.05) is 30.2 Å². The third-order valence-electron chi connectivity index (χ3n) is 4.34. The molecule has 3 unspecified atom stereocenters. The molecule has 1 aliphatic rings. The van der Waals surface area contributed by atoms with Gasteiger partial charge < -0.3 is 5.32 Å². The fraction of sp³-hybridized carbons (Fsp3) is 0.600. The van der Waals surface area contributed by atoms with E-state index in [1.165, 1.54) is 12.0 Å². The second-order valence-corrected chi connectivity index (χ2v) is 5.82. The molecule has 0 saturated carbocycles. The first-order chi connectivity index (χ1) is 8.61. The van der Waals surface area contributed by atoms with Crippen LogP contribution in [-0.4, -0.2) is 30.6 Å². The van der Waals surface area contributed by atoms with E-state index in [9.17, 15) is 0 Å². The summed E-state index contributed by atoms with van der Waals surface area (Å²) < 4.78 is 0. The highest BCUT2D eigenvalue weighted by molar-refractivity contribution is 6.30. The fourth-order valence-electron chi connectivity index (χ4n) is 2.94. The van der Waals surface area contributed by atoms with Crippen LogP contribution in [0.3, 0.4) is 0 Å². The minimum absolute atomic E-state index is 0.607. The lowest BCUT2D eigenvalue weighted by atomic mass is 9.87. The quantitative estimate of drug-likeness (QED) is 0.904. The van der Waals surface area contributed by atoms with Crippen LogP contribution in [0.2, 0.25) is 5.02 Å². The molecule has 0 spiro atoms. The van der Waals surface area contributed by atoms with E-state index in [0.29, 0.717) is 18.0 Å². The van der Waals surface area contributed by atoms with E-state index >= 15 is 0 Å². The molecule has 0 radical (unpaired) electrons. The summed E-state index contributed by atoms with van der Waals surface area (Å²) in [6.45, 7) is 6.83. The molecule has 1 aromatic carbocycles. The first kappa shape index (κ1) is 13.9. The van der Waals surface area contributed by atoms with Gasteiger partial charge >= 0.3 is 0 Å². The highest BCUT2D eigenvalue weighted by Gasteiger charge is 2.31. The summed E-state index contributed by atoms with van der Waals surface area (Å²) in [5.41, 5.74) is 1.31. The van der Waals surface area contributed by atoms with Crippen molar-refractivity contribution in [1.29, 1.82) is 0 Å². The molecule has 0 amide bonds. The number of halogens is 1. The van der Waals surface area contributed by atoms with Crippen LogP contribution in [0.15, 0.2) is 24.3 Å². The SMILES string of the molecule is CNC1CCN(Cc2cccc(Cl)c2)C(C)C1C. The normalized spacial score (nSPS) is 29.4. The van der Waals surface area contributed by atoms with Gasteiger partial charge in [0.05, 0.1) is 0 Å². The Bertz CT molecular complexity index is 394. The van der Waals surface area contributed by atoms with Gasteiger partial charge in [-0.15, -0.1) is 0 Å². The molecule has 2 rings (SSSR count). The van der Waals surface area contributed by atoms with Crippen molar-refractivity contribution in [2.24, 2.45) is 5.92 Å². The number of hydrogen-bond donors (Lipinski definition) is 1. The molecular weight excluding hydrogens is 244 g/mol. The number of hydrogen-bond acceptors (Lipinski definition) is 2. The number of rotatable bonds is 3. The lowest BCUT2D eigenvalue weighted by Gasteiger charge is -2.42. The maximum atomic E-state index is 6.04. The van der Waals surface area contributed by atoms with Gasteiger partial charge in [-0.1, -0.05) is 30.7 Å². The second kappa shape index (κ2) is 6.05. The number of benzene rings is 1. The van der Waals surface area contributed by atoms with Gasteiger partial charge in [-0.25, -0.2) is 0 Å². The average Bonchev–Trinajstić information content (AvgIpc) is 2.35. The second-order valence-electron chi connectivity index (χ2n) is 5.38. The van der Waals surface area contributed by atoms with E-state index in [1.54, 1.807) is 0 Å². The molecule has 1 saturated heterocycles. The first-order valence-electron chi connectivity index (χ1n) is 6.77. The van der Waals surface area contributed by atoms with E-state index in [1.807, 2.05) is 12.1 Å². The molecule has 1 aromatic rings. The molecule has 100 valence electrons. The zero-order valence-electron chi connectivity index (χ0n) is 11.5. The van der Waals surface area contributed by atoms with E-state index in [4.69, 9.17) is 11.6 Å². The van der Waals surface area contributed by atoms with Crippen LogP contribution in [0.4, 0.5) is 0 Å². The van der Waals surface area contributed by atoms with Gasteiger partial charge in [0.25, 0.3) is 0 Å². The molecule has 1 N–H and O–H groups in total. The van der Waals surface area contributed by atoms with Crippen molar-refractivity contribution in [2.75, 3.05) is 13.6 Å². The Kier molecular flexibility index (Phi) is 4.66. The minimum Gasteiger partial charge on any atom is -0.317 e. The van der Waals surface area contributed by atoms with E-state index in [-0.39, 0.29) is 0 Å². The fourth-order valence-corrected chi connectivity index (χ4v) is 3.15. The zero-order chi connectivity index (χ0) is 13.1. The van der Waals surface area contributed by atoms with Crippen LogP contribution >= 0.6 is 11.6 Å². The summed E-state index contributed by atoms with van der Waals surface area (Å²) >= 11 is 6.04. The Hall–Kier alpha value is -0.570. The summed E-state index contributed by atoms with van der Waals surface area (Å²) in [5, 5.41) is 4.26. The molecule has 2 nitrogen and oxygen atoms in total. The van der Waals surface area contributed by atoms with Crippen molar-refractivity contribution < 1.29 is 0 Å². The number of nitrogens with one attached hydrogen (secondary N) is 1. The number of likely N-dealkylation sites (tertiary alicyclic amines) is 1. The lowest BCUT2D eigenvalue weighted by Crippen LogP contribution is -2.52. The van der Waals surface area contributed by atoms with Crippen molar-refractivity contribution in [3.63, 3.8) is 0 Å². The van der Waals surface area contributed by atoms with Gasteiger partial charge in [0.2, 0.25) is 0 Å². The maximum absolute atomic E-state index is 6.04. The molecule has 1 aliphatic heterocycles. The molecular formula is C15H23ClN2. The van der Waals surface area contributed by atoms with Crippen molar-refractivity contribution in [3.05, 3.63) is 34.9 Å². The van der Waals surface area contributed by atoms with Crippen LogP contribution < -0.4 is 5.32 Å². The topological polar surface area (TPSA) is 15.3 Å². The Balaban J connectivity index is 2.02. The summed E-state index contributed by atoms with van der Waals surface area (Å²) in [7, 11) is 2.07. The third-order valence-corrected chi connectivity index (χ3v) is 4.58. The van der Waals surface area contributed by atoms with Gasteiger partial charge in [-0.3, -0.25) is 4.90 Å². The van der Waals surface area contributed by atoms with Crippen LogP contribution in [-0.2, 0) is 6.54 Å². The highest BCUT2D eigenvalue weighted by atomic mass is 35.5. The molecule has 18 heavy (non-hydrogen) atoms. The van der Waals surface area contributed by atoms with Crippen LogP contribution in [0.1, 0.15) is 25.8 Å². The molecule has 0 aromatic heterocycles. The van der Waals surface area contributed by atoms with Gasteiger partial charge in [-0.05, 0) is 44.0 Å². The smallest absolute Gasteiger partial charge is 0.0409 e. The molecule has 3 atom stereocenters. The monoisotopic (exact) mass is 266 g/mol. The standard InChI is InChI=1S/C15H23ClN2/c1-11-12(2)18(8-7-15(11)17-3)10-13-5-4-6-14(16)9-13/h4-6,9,11-12,15,17H,7-8,10H2,1-3H3. The van der Waals surface area contributed by atoms with E-state index in [0.717, 1.165) is 18.1 Å². The highest BCUT2D eigenvalue weighted by Crippen LogP contribution is 2.25. The predicted octanol–water partition coefficient (Wildman–Crippen LogP) is 3.16.